The van der Waals surface area contributed by atoms with Gasteiger partial charge < -0.3 is 14.1 Å². The van der Waals surface area contributed by atoms with Crippen molar-refractivity contribution in [2.45, 2.75) is 17.4 Å². The molecule has 1 amide bonds. The van der Waals surface area contributed by atoms with Crippen LogP contribution in [0.15, 0.2) is 64.2 Å². The zero-order valence-corrected chi connectivity index (χ0v) is 16.4. The Balaban J connectivity index is 1.57. The summed E-state index contributed by atoms with van der Waals surface area (Å²) < 4.78 is 11.2. The van der Waals surface area contributed by atoms with E-state index in [0.717, 1.165) is 16.7 Å². The lowest BCUT2D eigenvalue weighted by atomic mass is 10.1. The molecule has 1 aliphatic rings. The molecule has 0 saturated carbocycles. The van der Waals surface area contributed by atoms with Gasteiger partial charge in [-0.2, -0.15) is 0 Å². The number of thioether (sulfide) groups is 1. The first-order valence-electron chi connectivity index (χ1n) is 9.19. The van der Waals surface area contributed by atoms with Gasteiger partial charge in [0, 0.05) is 18.7 Å². The Hall–Kier alpha value is -2.64. The average Bonchev–Trinajstić information content (AvgIpc) is 3.22. The Kier molecular flexibility index (Phi) is 5.73. The van der Waals surface area contributed by atoms with Crippen LogP contribution in [0.5, 0.6) is 0 Å². The molecule has 28 heavy (non-hydrogen) atoms. The number of aromatic nitrogens is 2. The number of amides is 1. The van der Waals surface area contributed by atoms with Gasteiger partial charge in [-0.1, -0.05) is 48.0 Å². The Morgan fingerprint density at radius 2 is 1.75 bits per heavy atom. The number of benzene rings is 2. The van der Waals surface area contributed by atoms with Gasteiger partial charge in [0.15, 0.2) is 0 Å². The molecular formula is C21H21N3O3S. The maximum absolute atomic E-state index is 13.2. The van der Waals surface area contributed by atoms with E-state index >= 15 is 0 Å². The van der Waals surface area contributed by atoms with Crippen molar-refractivity contribution in [3.8, 4) is 11.5 Å². The van der Waals surface area contributed by atoms with Crippen molar-refractivity contribution >= 4 is 17.7 Å². The predicted molar refractivity (Wildman–Crippen MR) is 107 cm³/mol. The number of rotatable bonds is 5. The van der Waals surface area contributed by atoms with Gasteiger partial charge in [-0.05, 0) is 36.4 Å². The second kappa shape index (κ2) is 8.58. The Morgan fingerprint density at radius 1 is 1.04 bits per heavy atom. The molecule has 1 fully saturated rings. The largest absolute Gasteiger partial charge is 0.411 e. The smallest absolute Gasteiger partial charge is 0.277 e. The molecule has 1 aromatic heterocycles. The van der Waals surface area contributed by atoms with Gasteiger partial charge in [0.25, 0.3) is 5.22 Å². The molecule has 1 saturated heterocycles. The third-order valence-electron chi connectivity index (χ3n) is 4.57. The molecule has 0 bridgehead atoms. The number of morpholine rings is 1. The number of nitrogens with zero attached hydrogens (tertiary/aromatic N) is 3. The lowest BCUT2D eigenvalue weighted by Gasteiger charge is -2.29. The van der Waals surface area contributed by atoms with E-state index < -0.39 is 5.25 Å². The van der Waals surface area contributed by atoms with Gasteiger partial charge >= 0.3 is 0 Å². The third-order valence-corrected chi connectivity index (χ3v) is 5.65. The van der Waals surface area contributed by atoms with Crippen LogP contribution in [-0.4, -0.2) is 47.3 Å². The average molecular weight is 395 g/mol. The van der Waals surface area contributed by atoms with Crippen LogP contribution in [0, 0.1) is 6.92 Å². The molecule has 1 unspecified atom stereocenters. The van der Waals surface area contributed by atoms with Crippen LogP contribution in [0.1, 0.15) is 16.4 Å². The zero-order valence-electron chi connectivity index (χ0n) is 15.6. The molecule has 0 radical (unpaired) electrons. The topological polar surface area (TPSA) is 68.5 Å². The Labute approximate surface area is 167 Å². The van der Waals surface area contributed by atoms with E-state index in [0.29, 0.717) is 37.4 Å². The minimum atomic E-state index is -0.439. The first-order chi connectivity index (χ1) is 13.7. The van der Waals surface area contributed by atoms with Crippen LogP contribution in [0.3, 0.4) is 0 Å². The fourth-order valence-electron chi connectivity index (χ4n) is 3.01. The zero-order chi connectivity index (χ0) is 19.3. The molecular weight excluding hydrogens is 374 g/mol. The number of carbonyl (C=O) groups excluding carboxylic acids is 1. The molecule has 2 heterocycles. The highest BCUT2D eigenvalue weighted by Crippen LogP contribution is 2.37. The lowest BCUT2D eigenvalue weighted by Crippen LogP contribution is -2.42. The summed E-state index contributed by atoms with van der Waals surface area (Å²) >= 11 is 1.29. The quantitative estimate of drug-likeness (QED) is 0.613. The molecule has 2 aromatic carbocycles. The predicted octanol–water partition coefficient (Wildman–Crippen LogP) is 3.74. The van der Waals surface area contributed by atoms with Gasteiger partial charge in [0.05, 0.1) is 13.2 Å². The van der Waals surface area contributed by atoms with Crippen LogP contribution in [-0.2, 0) is 9.53 Å². The summed E-state index contributed by atoms with van der Waals surface area (Å²) in [5.74, 6) is 0.489. The molecule has 3 aromatic rings. The van der Waals surface area contributed by atoms with E-state index in [2.05, 4.69) is 10.2 Å². The molecule has 4 rings (SSSR count). The first kappa shape index (κ1) is 18.7. The van der Waals surface area contributed by atoms with E-state index in [-0.39, 0.29) is 5.91 Å². The summed E-state index contributed by atoms with van der Waals surface area (Å²) in [4.78, 5) is 15.0. The van der Waals surface area contributed by atoms with Crippen molar-refractivity contribution < 1.29 is 13.9 Å². The Bertz CT molecular complexity index is 922. The number of ether oxygens (including phenoxy) is 1. The van der Waals surface area contributed by atoms with Crippen molar-refractivity contribution in [2.75, 3.05) is 26.3 Å². The second-order valence-electron chi connectivity index (χ2n) is 6.59. The number of hydrogen-bond acceptors (Lipinski definition) is 6. The molecule has 0 aliphatic carbocycles. The summed E-state index contributed by atoms with van der Waals surface area (Å²) in [5.41, 5.74) is 2.94. The van der Waals surface area contributed by atoms with Crippen molar-refractivity contribution in [1.82, 2.24) is 15.1 Å². The minimum absolute atomic E-state index is 0.0367. The maximum atomic E-state index is 13.2. The monoisotopic (exact) mass is 395 g/mol. The van der Waals surface area contributed by atoms with Crippen molar-refractivity contribution in [3.63, 3.8) is 0 Å². The second-order valence-corrected chi connectivity index (χ2v) is 7.64. The lowest BCUT2D eigenvalue weighted by molar-refractivity contribution is -0.134. The summed E-state index contributed by atoms with van der Waals surface area (Å²) in [6.45, 7) is 4.36. The third kappa shape index (κ3) is 4.26. The van der Waals surface area contributed by atoms with E-state index in [1.165, 1.54) is 11.8 Å². The van der Waals surface area contributed by atoms with Crippen LogP contribution in [0.4, 0.5) is 0 Å². The SMILES string of the molecule is Cc1ccc(-c2nnc(SC(C(=O)N3CCOCC3)c3ccccc3)o2)cc1. The standard InChI is InChI=1S/C21H21N3O3S/c1-15-7-9-17(10-8-15)19-22-23-21(27-19)28-18(16-5-3-2-4-6-16)20(25)24-11-13-26-14-12-24/h2-10,18H,11-14H2,1H3. The van der Waals surface area contributed by atoms with Crippen LogP contribution in [0.2, 0.25) is 0 Å². The fourth-order valence-corrected chi connectivity index (χ4v) is 3.97. The van der Waals surface area contributed by atoms with Gasteiger partial charge in [-0.25, -0.2) is 0 Å². The molecule has 1 atom stereocenters. The molecule has 0 N–H and O–H groups in total. The van der Waals surface area contributed by atoms with E-state index in [9.17, 15) is 4.79 Å². The summed E-state index contributed by atoms with van der Waals surface area (Å²) in [6, 6.07) is 17.6. The molecule has 144 valence electrons. The molecule has 7 heteroatoms. The number of aryl methyl sites for hydroxylation is 1. The number of carbonyl (C=O) groups is 1. The summed E-state index contributed by atoms with van der Waals surface area (Å²) in [5, 5.41) is 8.25. The van der Waals surface area contributed by atoms with Gasteiger partial charge in [-0.3, -0.25) is 4.79 Å². The fraction of sp³-hybridized carbons (Fsp3) is 0.286. The highest BCUT2D eigenvalue weighted by atomic mass is 32.2. The summed E-state index contributed by atoms with van der Waals surface area (Å²) in [7, 11) is 0. The number of hydrogen-bond donors (Lipinski definition) is 0. The van der Waals surface area contributed by atoms with Crippen LogP contribution in [0.25, 0.3) is 11.5 Å². The van der Waals surface area contributed by atoms with Crippen LogP contribution < -0.4 is 0 Å². The minimum Gasteiger partial charge on any atom is -0.411 e. The molecule has 0 spiro atoms. The Morgan fingerprint density at radius 3 is 2.46 bits per heavy atom. The van der Waals surface area contributed by atoms with E-state index in [4.69, 9.17) is 9.15 Å². The highest BCUT2D eigenvalue weighted by molar-refractivity contribution is 8.00. The van der Waals surface area contributed by atoms with Gasteiger partial charge in [-0.15, -0.1) is 10.2 Å². The molecule has 1 aliphatic heterocycles. The maximum Gasteiger partial charge on any atom is 0.277 e. The van der Waals surface area contributed by atoms with E-state index in [1.807, 2.05) is 66.4 Å². The van der Waals surface area contributed by atoms with E-state index in [1.54, 1.807) is 0 Å². The van der Waals surface area contributed by atoms with Crippen molar-refractivity contribution in [1.29, 1.82) is 0 Å². The highest BCUT2D eigenvalue weighted by Gasteiger charge is 2.30. The van der Waals surface area contributed by atoms with Crippen molar-refractivity contribution in [3.05, 3.63) is 65.7 Å². The molecule has 6 nitrogen and oxygen atoms in total. The summed E-state index contributed by atoms with van der Waals surface area (Å²) in [6.07, 6.45) is 0. The van der Waals surface area contributed by atoms with Gasteiger partial charge in [0.2, 0.25) is 11.8 Å². The normalized spacial score (nSPS) is 15.4. The van der Waals surface area contributed by atoms with Gasteiger partial charge in [0.1, 0.15) is 5.25 Å². The first-order valence-corrected chi connectivity index (χ1v) is 10.1. The van der Waals surface area contributed by atoms with Crippen molar-refractivity contribution in [2.24, 2.45) is 0 Å². The van der Waals surface area contributed by atoms with Crippen LogP contribution >= 0.6 is 11.8 Å².